The van der Waals surface area contributed by atoms with E-state index >= 15 is 0 Å². The zero-order valence-electron chi connectivity index (χ0n) is 16.1. The highest BCUT2D eigenvalue weighted by Crippen LogP contribution is 2.41. The van der Waals surface area contributed by atoms with Crippen LogP contribution in [-0.4, -0.2) is 36.9 Å². The molecule has 1 aromatic carbocycles. The Labute approximate surface area is 169 Å². The third-order valence-electron chi connectivity index (χ3n) is 5.68. The van der Waals surface area contributed by atoms with E-state index in [1.165, 1.54) is 11.3 Å². The minimum absolute atomic E-state index is 0.0430. The number of thiophene rings is 1. The van der Waals surface area contributed by atoms with Crippen LogP contribution in [0.1, 0.15) is 47.0 Å². The van der Waals surface area contributed by atoms with Crippen LogP contribution in [0.5, 0.6) is 5.75 Å². The van der Waals surface area contributed by atoms with Gasteiger partial charge in [-0.25, -0.2) is 0 Å². The van der Waals surface area contributed by atoms with Crippen molar-refractivity contribution in [1.82, 2.24) is 10.2 Å². The molecule has 28 heavy (non-hydrogen) atoms. The second-order valence-electron chi connectivity index (χ2n) is 7.66. The normalized spacial score (nSPS) is 20.5. The van der Waals surface area contributed by atoms with Crippen molar-refractivity contribution in [3.05, 3.63) is 52.2 Å². The summed E-state index contributed by atoms with van der Waals surface area (Å²) in [6.07, 6.45) is 3.99. The summed E-state index contributed by atoms with van der Waals surface area (Å²) in [5.41, 5.74) is 1.12. The molecule has 1 aliphatic carbocycles. The van der Waals surface area contributed by atoms with Gasteiger partial charge in [0.05, 0.1) is 23.9 Å². The van der Waals surface area contributed by atoms with E-state index in [1.807, 2.05) is 46.7 Å². The van der Waals surface area contributed by atoms with Gasteiger partial charge in [-0.1, -0.05) is 18.2 Å². The van der Waals surface area contributed by atoms with Gasteiger partial charge in [-0.05, 0) is 60.7 Å². The Kier molecular flexibility index (Phi) is 5.67. The van der Waals surface area contributed by atoms with Crippen LogP contribution in [0.15, 0.2) is 41.8 Å². The smallest absolute Gasteiger partial charge is 0.263 e. The second-order valence-corrected chi connectivity index (χ2v) is 8.61. The lowest BCUT2D eigenvalue weighted by atomic mass is 9.95. The topological polar surface area (TPSA) is 58.6 Å². The fourth-order valence-electron chi connectivity index (χ4n) is 3.92. The molecule has 2 aromatic rings. The monoisotopic (exact) mass is 398 g/mol. The number of methoxy groups -OCH3 is 1. The van der Waals surface area contributed by atoms with Gasteiger partial charge in [0.1, 0.15) is 5.75 Å². The Morgan fingerprint density at radius 3 is 2.61 bits per heavy atom. The molecule has 2 heterocycles. The van der Waals surface area contributed by atoms with Crippen LogP contribution in [0, 0.1) is 11.8 Å². The van der Waals surface area contributed by atoms with E-state index < -0.39 is 0 Å². The van der Waals surface area contributed by atoms with Gasteiger partial charge in [-0.2, -0.15) is 0 Å². The maximum absolute atomic E-state index is 13.0. The van der Waals surface area contributed by atoms with E-state index in [0.29, 0.717) is 12.5 Å². The predicted octanol–water partition coefficient (Wildman–Crippen LogP) is 3.88. The zero-order valence-corrected chi connectivity index (χ0v) is 16.9. The van der Waals surface area contributed by atoms with E-state index in [-0.39, 0.29) is 23.8 Å². The SMILES string of the molecule is COc1ccc(C(NC(=O)C2CCCN(C(=O)c3cccs3)C2)C2CC2)cc1. The first kappa shape index (κ1) is 19.0. The standard InChI is InChI=1S/C22H26N2O3S/c1-27-18-10-8-16(9-11-18)20(15-6-7-15)23-21(25)17-4-2-12-24(14-17)22(26)19-5-3-13-28-19/h3,5,8-11,13,15,17,20H,2,4,6-7,12,14H2,1H3,(H,23,25). The van der Waals surface area contributed by atoms with Gasteiger partial charge in [0, 0.05) is 13.1 Å². The van der Waals surface area contributed by atoms with Crippen molar-refractivity contribution in [2.45, 2.75) is 31.7 Å². The van der Waals surface area contributed by atoms with Crippen LogP contribution in [0.2, 0.25) is 0 Å². The van der Waals surface area contributed by atoms with Gasteiger partial charge < -0.3 is 15.0 Å². The number of hydrogen-bond donors (Lipinski definition) is 1. The van der Waals surface area contributed by atoms with E-state index in [1.54, 1.807) is 7.11 Å². The van der Waals surface area contributed by atoms with E-state index in [2.05, 4.69) is 5.32 Å². The van der Waals surface area contributed by atoms with Gasteiger partial charge in [-0.3, -0.25) is 9.59 Å². The molecule has 2 atom stereocenters. The fourth-order valence-corrected chi connectivity index (χ4v) is 4.61. The first-order valence-corrected chi connectivity index (χ1v) is 10.8. The molecule has 2 aliphatic rings. The van der Waals surface area contributed by atoms with Gasteiger partial charge in [0.25, 0.3) is 5.91 Å². The van der Waals surface area contributed by atoms with Crippen LogP contribution in [0.4, 0.5) is 0 Å². The molecular weight excluding hydrogens is 372 g/mol. The van der Waals surface area contributed by atoms with Gasteiger partial charge in [0.15, 0.2) is 0 Å². The van der Waals surface area contributed by atoms with E-state index in [4.69, 9.17) is 4.74 Å². The molecule has 4 rings (SSSR count). The third-order valence-corrected chi connectivity index (χ3v) is 6.54. The number of nitrogens with one attached hydrogen (secondary N) is 1. The molecule has 2 amide bonds. The van der Waals surface area contributed by atoms with Crippen LogP contribution < -0.4 is 10.1 Å². The minimum Gasteiger partial charge on any atom is -0.497 e. The number of nitrogens with zero attached hydrogens (tertiary/aromatic N) is 1. The van der Waals surface area contributed by atoms with Crippen LogP contribution in [0.25, 0.3) is 0 Å². The van der Waals surface area contributed by atoms with Crippen molar-refractivity contribution in [2.24, 2.45) is 11.8 Å². The Morgan fingerprint density at radius 2 is 1.96 bits per heavy atom. The van der Waals surface area contributed by atoms with Crippen LogP contribution in [-0.2, 0) is 4.79 Å². The van der Waals surface area contributed by atoms with Crippen molar-refractivity contribution < 1.29 is 14.3 Å². The number of benzene rings is 1. The molecule has 1 saturated carbocycles. The van der Waals surface area contributed by atoms with Crippen molar-refractivity contribution in [3.63, 3.8) is 0 Å². The number of carbonyl (C=O) groups excluding carboxylic acids is 2. The lowest BCUT2D eigenvalue weighted by Crippen LogP contribution is -2.46. The number of likely N-dealkylation sites (tertiary alicyclic amines) is 1. The van der Waals surface area contributed by atoms with Gasteiger partial charge in [-0.15, -0.1) is 11.3 Å². The van der Waals surface area contributed by atoms with Gasteiger partial charge >= 0.3 is 0 Å². The summed E-state index contributed by atoms with van der Waals surface area (Å²) in [6.45, 7) is 1.23. The van der Waals surface area contributed by atoms with Crippen LogP contribution in [0.3, 0.4) is 0 Å². The lowest BCUT2D eigenvalue weighted by molar-refractivity contribution is -0.127. The first-order chi connectivity index (χ1) is 13.7. The summed E-state index contributed by atoms with van der Waals surface area (Å²) in [6, 6.07) is 11.7. The third kappa shape index (κ3) is 4.22. The number of carbonyl (C=O) groups is 2. The quantitative estimate of drug-likeness (QED) is 0.803. The molecule has 1 aromatic heterocycles. The highest BCUT2D eigenvalue weighted by Gasteiger charge is 2.36. The molecule has 2 unspecified atom stereocenters. The zero-order chi connectivity index (χ0) is 19.5. The maximum atomic E-state index is 13.0. The maximum Gasteiger partial charge on any atom is 0.263 e. The summed E-state index contributed by atoms with van der Waals surface area (Å²) in [5, 5.41) is 5.19. The molecule has 0 bridgehead atoms. The van der Waals surface area contributed by atoms with Crippen molar-refractivity contribution in [1.29, 1.82) is 0 Å². The van der Waals surface area contributed by atoms with E-state index in [9.17, 15) is 9.59 Å². The molecule has 1 saturated heterocycles. The average molecular weight is 399 g/mol. The molecule has 148 valence electrons. The molecular formula is C22H26N2O3S. The Balaban J connectivity index is 1.41. The van der Waals surface area contributed by atoms with Crippen molar-refractivity contribution in [3.8, 4) is 5.75 Å². The number of ether oxygens (including phenoxy) is 1. The largest absolute Gasteiger partial charge is 0.497 e. The number of piperidine rings is 1. The summed E-state index contributed by atoms with van der Waals surface area (Å²) in [5.74, 6) is 1.29. The highest BCUT2D eigenvalue weighted by atomic mass is 32.1. The first-order valence-electron chi connectivity index (χ1n) is 9.93. The lowest BCUT2D eigenvalue weighted by Gasteiger charge is -2.33. The minimum atomic E-state index is -0.142. The second kappa shape index (κ2) is 8.35. The molecule has 2 fully saturated rings. The summed E-state index contributed by atoms with van der Waals surface area (Å²) < 4.78 is 5.24. The number of rotatable bonds is 6. The van der Waals surface area contributed by atoms with Crippen molar-refractivity contribution >= 4 is 23.2 Å². The summed E-state index contributed by atoms with van der Waals surface area (Å²) >= 11 is 1.46. The van der Waals surface area contributed by atoms with Crippen molar-refractivity contribution in [2.75, 3.05) is 20.2 Å². The summed E-state index contributed by atoms with van der Waals surface area (Å²) in [4.78, 5) is 28.2. The predicted molar refractivity (Wildman–Crippen MR) is 110 cm³/mol. The number of amides is 2. The highest BCUT2D eigenvalue weighted by molar-refractivity contribution is 7.12. The van der Waals surface area contributed by atoms with Crippen LogP contribution >= 0.6 is 11.3 Å². The Hall–Kier alpha value is -2.34. The Morgan fingerprint density at radius 1 is 1.18 bits per heavy atom. The van der Waals surface area contributed by atoms with E-state index in [0.717, 1.165) is 48.4 Å². The number of hydrogen-bond acceptors (Lipinski definition) is 4. The average Bonchev–Trinajstić information content (AvgIpc) is 3.44. The molecule has 1 N–H and O–H groups in total. The Bertz CT molecular complexity index is 815. The summed E-state index contributed by atoms with van der Waals surface area (Å²) in [7, 11) is 1.65. The van der Waals surface area contributed by atoms with Gasteiger partial charge in [0.2, 0.25) is 5.91 Å². The molecule has 6 heteroatoms. The molecule has 0 spiro atoms. The molecule has 0 radical (unpaired) electrons. The molecule has 1 aliphatic heterocycles. The molecule has 5 nitrogen and oxygen atoms in total. The fraction of sp³-hybridized carbons (Fsp3) is 0.455.